The number of hydrogen-bond donors (Lipinski definition) is 1. The first kappa shape index (κ1) is 18.9. The Kier molecular flexibility index (Phi) is 4.63. The largest absolute Gasteiger partial charge is 0.321 e. The van der Waals surface area contributed by atoms with Gasteiger partial charge in [0.2, 0.25) is 0 Å². The van der Waals surface area contributed by atoms with Crippen LogP contribution in [0.15, 0.2) is 73.2 Å². The van der Waals surface area contributed by atoms with Crippen molar-refractivity contribution in [2.24, 2.45) is 0 Å². The minimum Gasteiger partial charge on any atom is -0.321 e. The van der Waals surface area contributed by atoms with E-state index in [9.17, 15) is 4.79 Å². The molecule has 1 aromatic carbocycles. The van der Waals surface area contributed by atoms with E-state index in [1.165, 1.54) is 0 Å². The van der Waals surface area contributed by atoms with Crippen molar-refractivity contribution in [3.8, 4) is 11.4 Å². The third kappa shape index (κ3) is 3.50. The molecule has 0 aliphatic heterocycles. The molecule has 0 atom stereocenters. The molecule has 0 bridgehead atoms. The number of fused-ring (bicyclic) bond motifs is 2. The summed E-state index contributed by atoms with van der Waals surface area (Å²) in [5.74, 6) is -0.229. The van der Waals surface area contributed by atoms with Crippen LogP contribution in [0.5, 0.6) is 0 Å². The number of carbonyl (C=O) groups is 1. The minimum absolute atomic E-state index is 0.207. The highest BCUT2D eigenvalue weighted by molar-refractivity contribution is 6.13. The molecule has 0 fully saturated rings. The number of amides is 1. The van der Waals surface area contributed by atoms with Crippen molar-refractivity contribution in [2.45, 2.75) is 19.9 Å². The molecular formula is C24H20N6O. The molecule has 7 nitrogen and oxygen atoms in total. The first-order chi connectivity index (χ1) is 15.1. The zero-order valence-corrected chi connectivity index (χ0v) is 17.1. The molecule has 4 heterocycles. The van der Waals surface area contributed by atoms with Crippen LogP contribution in [0.4, 0.5) is 5.69 Å². The smallest absolute Gasteiger partial charge is 0.256 e. The van der Waals surface area contributed by atoms with E-state index in [1.54, 1.807) is 24.7 Å². The fourth-order valence-corrected chi connectivity index (χ4v) is 3.59. The fourth-order valence-electron chi connectivity index (χ4n) is 3.59. The Labute approximate surface area is 178 Å². The molecule has 31 heavy (non-hydrogen) atoms. The van der Waals surface area contributed by atoms with Crippen molar-refractivity contribution in [2.75, 3.05) is 5.32 Å². The van der Waals surface area contributed by atoms with Gasteiger partial charge in [-0.3, -0.25) is 9.78 Å². The number of anilines is 1. The molecule has 0 spiro atoms. The van der Waals surface area contributed by atoms with Crippen LogP contribution in [0.25, 0.3) is 33.3 Å². The fraction of sp³-hybridized carbons (Fsp3) is 0.125. The molecule has 0 aliphatic rings. The maximum Gasteiger partial charge on any atom is 0.256 e. The molecule has 0 aliphatic carbocycles. The number of benzene rings is 1. The minimum atomic E-state index is -0.229. The maximum absolute atomic E-state index is 13.3. The summed E-state index contributed by atoms with van der Waals surface area (Å²) in [4.78, 5) is 26.8. The van der Waals surface area contributed by atoms with Gasteiger partial charge in [-0.2, -0.15) is 5.10 Å². The van der Waals surface area contributed by atoms with Crippen LogP contribution in [0.2, 0.25) is 0 Å². The monoisotopic (exact) mass is 408 g/mol. The van der Waals surface area contributed by atoms with E-state index < -0.39 is 0 Å². The lowest BCUT2D eigenvalue weighted by Crippen LogP contribution is -2.13. The van der Waals surface area contributed by atoms with Gasteiger partial charge in [-0.25, -0.2) is 14.6 Å². The van der Waals surface area contributed by atoms with Gasteiger partial charge in [-0.15, -0.1) is 0 Å². The zero-order valence-electron chi connectivity index (χ0n) is 17.1. The third-order valence-electron chi connectivity index (χ3n) is 5.07. The van der Waals surface area contributed by atoms with Gasteiger partial charge in [0.25, 0.3) is 5.91 Å². The van der Waals surface area contributed by atoms with E-state index >= 15 is 0 Å². The van der Waals surface area contributed by atoms with Crippen LogP contribution in [-0.2, 0) is 0 Å². The molecule has 0 saturated carbocycles. The summed E-state index contributed by atoms with van der Waals surface area (Å²) in [6.07, 6.45) is 5.13. The topological polar surface area (TPSA) is 85.6 Å². The highest BCUT2D eigenvalue weighted by Crippen LogP contribution is 2.25. The van der Waals surface area contributed by atoms with Crippen LogP contribution in [0.3, 0.4) is 0 Å². The lowest BCUT2D eigenvalue weighted by molar-refractivity contribution is 0.102. The lowest BCUT2D eigenvalue weighted by atomic mass is 10.1. The second-order valence-electron chi connectivity index (χ2n) is 7.56. The SMILES string of the molecule is CC(C)n1ncc2cc(NC(=O)c3cc(-c4ccccn4)nc4ccccc34)cnc21. The Bertz CT molecular complexity index is 1410. The maximum atomic E-state index is 13.3. The average molecular weight is 408 g/mol. The van der Waals surface area contributed by atoms with Gasteiger partial charge in [0.05, 0.1) is 40.5 Å². The summed E-state index contributed by atoms with van der Waals surface area (Å²) >= 11 is 0. The Morgan fingerprint density at radius 2 is 1.81 bits per heavy atom. The Morgan fingerprint density at radius 1 is 0.968 bits per heavy atom. The van der Waals surface area contributed by atoms with Gasteiger partial charge in [0, 0.05) is 23.0 Å². The van der Waals surface area contributed by atoms with Crippen molar-refractivity contribution in [1.82, 2.24) is 24.7 Å². The zero-order chi connectivity index (χ0) is 21.4. The number of pyridine rings is 3. The summed E-state index contributed by atoms with van der Waals surface area (Å²) < 4.78 is 1.86. The predicted octanol–water partition coefficient (Wildman–Crippen LogP) is 4.87. The number of nitrogens with zero attached hydrogens (tertiary/aromatic N) is 5. The molecule has 0 saturated heterocycles. The first-order valence-electron chi connectivity index (χ1n) is 10.1. The van der Waals surface area contributed by atoms with Crippen molar-refractivity contribution < 1.29 is 4.79 Å². The van der Waals surface area contributed by atoms with E-state index in [2.05, 4.69) is 39.2 Å². The molecule has 5 aromatic rings. The number of carbonyl (C=O) groups excluding carboxylic acids is 1. The van der Waals surface area contributed by atoms with E-state index in [4.69, 9.17) is 0 Å². The Hall–Kier alpha value is -4.13. The molecule has 7 heteroatoms. The molecular weight excluding hydrogens is 388 g/mol. The van der Waals surface area contributed by atoms with Crippen molar-refractivity contribution in [3.05, 3.63) is 78.8 Å². The van der Waals surface area contributed by atoms with Crippen LogP contribution in [0.1, 0.15) is 30.2 Å². The Morgan fingerprint density at radius 3 is 2.61 bits per heavy atom. The van der Waals surface area contributed by atoms with Gasteiger partial charge >= 0.3 is 0 Å². The summed E-state index contributed by atoms with van der Waals surface area (Å²) in [7, 11) is 0. The Balaban J connectivity index is 1.54. The third-order valence-corrected chi connectivity index (χ3v) is 5.07. The highest BCUT2D eigenvalue weighted by atomic mass is 16.1. The number of rotatable bonds is 4. The number of para-hydroxylation sites is 1. The number of hydrogen-bond acceptors (Lipinski definition) is 5. The summed E-state index contributed by atoms with van der Waals surface area (Å²) in [5, 5.41) is 9.01. The molecule has 0 unspecified atom stereocenters. The van der Waals surface area contributed by atoms with E-state index in [0.29, 0.717) is 22.6 Å². The second-order valence-corrected chi connectivity index (χ2v) is 7.56. The summed E-state index contributed by atoms with van der Waals surface area (Å²) in [6.45, 7) is 4.11. The first-order valence-corrected chi connectivity index (χ1v) is 10.1. The van der Waals surface area contributed by atoms with Crippen molar-refractivity contribution >= 4 is 33.5 Å². The van der Waals surface area contributed by atoms with E-state index in [-0.39, 0.29) is 11.9 Å². The molecule has 152 valence electrons. The molecule has 4 aromatic heterocycles. The van der Waals surface area contributed by atoms with E-state index in [0.717, 1.165) is 21.9 Å². The van der Waals surface area contributed by atoms with Gasteiger partial charge in [-0.1, -0.05) is 24.3 Å². The van der Waals surface area contributed by atoms with Crippen molar-refractivity contribution in [1.29, 1.82) is 0 Å². The van der Waals surface area contributed by atoms with Crippen LogP contribution in [0, 0.1) is 0 Å². The van der Waals surface area contributed by atoms with Crippen LogP contribution >= 0.6 is 0 Å². The highest BCUT2D eigenvalue weighted by Gasteiger charge is 2.16. The van der Waals surface area contributed by atoms with Gasteiger partial charge in [-0.05, 0) is 44.2 Å². The molecule has 0 radical (unpaired) electrons. The summed E-state index contributed by atoms with van der Waals surface area (Å²) in [6, 6.07) is 17.1. The number of nitrogens with one attached hydrogen (secondary N) is 1. The molecule has 1 N–H and O–H groups in total. The van der Waals surface area contributed by atoms with Gasteiger partial charge in [0.1, 0.15) is 0 Å². The van der Waals surface area contributed by atoms with Crippen molar-refractivity contribution in [3.63, 3.8) is 0 Å². The van der Waals surface area contributed by atoms with E-state index in [1.807, 2.05) is 53.2 Å². The quantitative estimate of drug-likeness (QED) is 0.458. The second kappa shape index (κ2) is 7.60. The summed E-state index contributed by atoms with van der Waals surface area (Å²) in [5.41, 5.74) is 4.04. The molecule has 1 amide bonds. The number of aromatic nitrogens is 5. The van der Waals surface area contributed by atoms with Crippen LogP contribution < -0.4 is 5.32 Å². The normalized spacial score (nSPS) is 11.3. The molecule has 5 rings (SSSR count). The van der Waals surface area contributed by atoms with Gasteiger partial charge in [0.15, 0.2) is 5.65 Å². The van der Waals surface area contributed by atoms with Gasteiger partial charge < -0.3 is 5.32 Å². The predicted molar refractivity (Wildman–Crippen MR) is 121 cm³/mol. The lowest BCUT2D eigenvalue weighted by Gasteiger charge is -2.11. The standard InChI is InChI=1S/C24H20N6O/c1-15(2)30-23-16(13-27-30)11-17(14-26-23)28-24(31)19-12-22(21-9-5-6-10-25-21)29-20-8-4-3-7-18(19)20/h3-15H,1-2H3,(H,28,31). The average Bonchev–Trinajstić information content (AvgIpc) is 3.22. The van der Waals surface area contributed by atoms with Crippen LogP contribution in [-0.4, -0.2) is 30.6 Å².